The van der Waals surface area contributed by atoms with Gasteiger partial charge < -0.3 is 15.7 Å². The number of rotatable bonds is 9. The molecular weight excluding hydrogens is 268 g/mol. The second kappa shape index (κ2) is 8.92. The summed E-state index contributed by atoms with van der Waals surface area (Å²) in [6.07, 6.45) is 1.86. The molecule has 0 aliphatic carbocycles. The van der Waals surface area contributed by atoms with Gasteiger partial charge in [0.2, 0.25) is 5.91 Å². The van der Waals surface area contributed by atoms with Gasteiger partial charge >= 0.3 is 5.97 Å². The van der Waals surface area contributed by atoms with Gasteiger partial charge in [0.05, 0.1) is 6.04 Å². The summed E-state index contributed by atoms with van der Waals surface area (Å²) in [5.74, 6) is -1.77. The van der Waals surface area contributed by atoms with E-state index < -0.39 is 23.8 Å². The second-order valence-corrected chi connectivity index (χ2v) is 5.35. The van der Waals surface area contributed by atoms with E-state index in [1.54, 1.807) is 27.2 Å². The molecule has 6 nitrogen and oxygen atoms in total. The van der Waals surface area contributed by atoms with Crippen LogP contribution in [0.4, 0.5) is 0 Å². The number of nitrogens with one attached hydrogen (secondary N) is 2. The van der Waals surface area contributed by atoms with E-state index in [0.717, 1.165) is 0 Å². The van der Waals surface area contributed by atoms with Gasteiger partial charge in [0.25, 0.3) is 0 Å². The largest absolute Gasteiger partial charge is 0.480 e. The van der Waals surface area contributed by atoms with Crippen LogP contribution in [0.25, 0.3) is 0 Å². The number of carboxylic acid groups (broad SMARTS) is 1. The molecule has 1 unspecified atom stereocenters. The summed E-state index contributed by atoms with van der Waals surface area (Å²) in [6, 6.07) is -1.22. The lowest BCUT2D eigenvalue weighted by molar-refractivity contribution is -0.141. The van der Waals surface area contributed by atoms with Crippen molar-refractivity contribution in [3.8, 4) is 0 Å². The molecule has 7 heteroatoms. The number of carbonyl (C=O) groups excluding carboxylic acids is 2. The number of amides is 1. The Morgan fingerprint density at radius 3 is 2.26 bits per heavy atom. The second-order valence-electron chi connectivity index (χ2n) is 4.44. The van der Waals surface area contributed by atoms with Crippen LogP contribution < -0.4 is 10.6 Å². The molecule has 110 valence electrons. The van der Waals surface area contributed by atoms with Gasteiger partial charge in [0, 0.05) is 18.1 Å². The first-order valence-corrected chi connectivity index (χ1v) is 7.44. The first-order chi connectivity index (χ1) is 8.83. The van der Waals surface area contributed by atoms with E-state index in [1.165, 1.54) is 11.8 Å². The third-order valence-electron chi connectivity index (χ3n) is 2.82. The van der Waals surface area contributed by atoms with Gasteiger partial charge in [-0.25, -0.2) is 4.79 Å². The van der Waals surface area contributed by atoms with Crippen molar-refractivity contribution in [2.45, 2.75) is 32.4 Å². The van der Waals surface area contributed by atoms with E-state index in [-0.39, 0.29) is 18.2 Å². The van der Waals surface area contributed by atoms with E-state index >= 15 is 0 Å². The van der Waals surface area contributed by atoms with Crippen LogP contribution in [0.2, 0.25) is 0 Å². The summed E-state index contributed by atoms with van der Waals surface area (Å²) in [5.41, 5.74) is 0. The fraction of sp³-hybridized carbons (Fsp3) is 0.750. The minimum absolute atomic E-state index is 0.0677. The Kier molecular flexibility index (Phi) is 8.42. The molecule has 3 N–H and O–H groups in total. The third kappa shape index (κ3) is 6.58. The molecule has 0 aliphatic heterocycles. The first kappa shape index (κ1) is 17.9. The van der Waals surface area contributed by atoms with Crippen molar-refractivity contribution in [2.75, 3.05) is 19.1 Å². The number of hydrogen-bond donors (Lipinski definition) is 3. The van der Waals surface area contributed by atoms with Gasteiger partial charge in [-0.15, -0.1) is 0 Å². The Hall–Kier alpha value is -1.08. The summed E-state index contributed by atoms with van der Waals surface area (Å²) in [7, 11) is 1.67. The number of aliphatic carboxylic acids is 1. The zero-order chi connectivity index (χ0) is 15.0. The molecule has 0 aromatic carbocycles. The highest BCUT2D eigenvalue weighted by atomic mass is 32.2. The van der Waals surface area contributed by atoms with Crippen molar-refractivity contribution in [3.63, 3.8) is 0 Å². The van der Waals surface area contributed by atoms with Crippen LogP contribution in [0, 0.1) is 5.92 Å². The molecule has 1 amide bonds. The number of hydrogen-bond acceptors (Lipinski definition) is 5. The van der Waals surface area contributed by atoms with E-state index in [0.29, 0.717) is 5.75 Å². The third-order valence-corrected chi connectivity index (χ3v) is 3.49. The smallest absolute Gasteiger partial charge is 0.327 e. The van der Waals surface area contributed by atoms with E-state index in [9.17, 15) is 14.4 Å². The number of ketones is 1. The normalized spacial score (nSPS) is 15.4. The lowest BCUT2D eigenvalue weighted by atomic mass is 10.00. The predicted molar refractivity (Wildman–Crippen MR) is 75.3 cm³/mol. The van der Waals surface area contributed by atoms with Crippen molar-refractivity contribution < 1.29 is 19.5 Å². The van der Waals surface area contributed by atoms with Gasteiger partial charge in [-0.1, -0.05) is 6.92 Å². The Bertz CT molecular complexity index is 336. The number of carbonyl (C=O) groups is 3. The van der Waals surface area contributed by atoms with Crippen LogP contribution in [0.1, 0.15) is 20.3 Å². The molecule has 0 fully saturated rings. The molecule has 0 aliphatic rings. The molecular formula is C12H22N2O4S. The van der Waals surface area contributed by atoms with E-state index in [2.05, 4.69) is 10.6 Å². The number of Topliss-reactive ketones (excluding diaryl/α,β-unsaturated/α-hetero) is 1. The van der Waals surface area contributed by atoms with E-state index in [1.807, 2.05) is 0 Å². The molecule has 0 heterocycles. The summed E-state index contributed by atoms with van der Waals surface area (Å²) in [5, 5.41) is 14.2. The summed E-state index contributed by atoms with van der Waals surface area (Å²) < 4.78 is 0. The molecule has 19 heavy (non-hydrogen) atoms. The van der Waals surface area contributed by atoms with Crippen LogP contribution >= 0.6 is 11.8 Å². The quantitative estimate of drug-likeness (QED) is 0.558. The molecule has 0 rings (SSSR count). The number of likely N-dealkylation sites (N-methyl/N-ethyl adjacent to an activating group) is 1. The number of carboxylic acids is 1. The van der Waals surface area contributed by atoms with Crippen LogP contribution in [0.3, 0.4) is 0 Å². The van der Waals surface area contributed by atoms with Crippen molar-refractivity contribution in [2.24, 2.45) is 5.92 Å². The molecule has 0 bridgehead atoms. The minimum Gasteiger partial charge on any atom is -0.480 e. The maximum absolute atomic E-state index is 11.8. The van der Waals surface area contributed by atoms with Crippen molar-refractivity contribution in [1.29, 1.82) is 0 Å². The zero-order valence-corrected chi connectivity index (χ0v) is 12.5. The van der Waals surface area contributed by atoms with Crippen molar-refractivity contribution in [1.82, 2.24) is 10.6 Å². The number of thioether (sulfide) groups is 1. The fourth-order valence-corrected chi connectivity index (χ4v) is 1.95. The highest BCUT2D eigenvalue weighted by molar-refractivity contribution is 7.98. The maximum atomic E-state index is 11.8. The van der Waals surface area contributed by atoms with Crippen molar-refractivity contribution >= 4 is 29.4 Å². The summed E-state index contributed by atoms with van der Waals surface area (Å²) >= 11 is 1.34. The Morgan fingerprint density at radius 2 is 1.84 bits per heavy atom. The van der Waals surface area contributed by atoms with Gasteiger partial charge in [0.1, 0.15) is 11.8 Å². The molecule has 0 saturated carbocycles. The monoisotopic (exact) mass is 290 g/mol. The highest BCUT2D eigenvalue weighted by Gasteiger charge is 2.24. The zero-order valence-electron chi connectivity index (χ0n) is 11.7. The van der Waals surface area contributed by atoms with Gasteiger partial charge in [0.15, 0.2) is 0 Å². The lowest BCUT2D eigenvalue weighted by Gasteiger charge is -2.18. The van der Waals surface area contributed by atoms with Gasteiger partial charge in [-0.3, -0.25) is 9.59 Å². The topological polar surface area (TPSA) is 95.5 Å². The fourth-order valence-electron chi connectivity index (χ4n) is 1.39. The average molecular weight is 290 g/mol. The van der Waals surface area contributed by atoms with Gasteiger partial charge in [-0.2, -0.15) is 11.8 Å². The molecule has 3 atom stereocenters. The standard InChI is InChI=1S/C12H22N2O4S/c1-7(5-10(15)8(2)13-3)11(16)14-9(6-19-4)12(17)18/h7-9,13H,5-6H2,1-4H3,(H,14,16)(H,17,18)/t7?,8-,9-/m0/s1. The lowest BCUT2D eigenvalue weighted by Crippen LogP contribution is -2.45. The van der Waals surface area contributed by atoms with Crippen LogP contribution in [0.15, 0.2) is 0 Å². The summed E-state index contributed by atoms with van der Waals surface area (Å²) in [6.45, 7) is 3.34. The SMILES string of the molecule is CN[C@@H](C)C(=O)CC(C)C(=O)N[C@@H](CSC)C(=O)O. The molecule has 0 aromatic heterocycles. The molecule has 0 radical (unpaired) electrons. The molecule has 0 spiro atoms. The highest BCUT2D eigenvalue weighted by Crippen LogP contribution is 2.07. The predicted octanol–water partition coefficient (Wildman–Crippen LogP) is 0.122. The minimum atomic E-state index is -1.06. The van der Waals surface area contributed by atoms with E-state index in [4.69, 9.17) is 5.11 Å². The Morgan fingerprint density at radius 1 is 1.26 bits per heavy atom. The van der Waals surface area contributed by atoms with Crippen LogP contribution in [-0.4, -0.2) is 53.9 Å². The van der Waals surface area contributed by atoms with Gasteiger partial charge in [-0.05, 0) is 20.2 Å². The molecule has 0 aromatic rings. The average Bonchev–Trinajstić information content (AvgIpc) is 2.36. The van der Waals surface area contributed by atoms with Crippen molar-refractivity contribution in [3.05, 3.63) is 0 Å². The van der Waals surface area contributed by atoms with Crippen LogP contribution in [0.5, 0.6) is 0 Å². The first-order valence-electron chi connectivity index (χ1n) is 6.05. The Balaban J connectivity index is 4.40. The molecule has 0 saturated heterocycles. The maximum Gasteiger partial charge on any atom is 0.327 e. The Labute approximate surface area is 117 Å². The summed E-state index contributed by atoms with van der Waals surface area (Å²) in [4.78, 5) is 34.4. The van der Waals surface area contributed by atoms with Crippen LogP contribution in [-0.2, 0) is 14.4 Å².